The summed E-state index contributed by atoms with van der Waals surface area (Å²) in [4.78, 5) is 4.38. The van der Waals surface area contributed by atoms with Crippen LogP contribution in [-0.2, 0) is 0 Å². The van der Waals surface area contributed by atoms with E-state index >= 15 is 0 Å². The van der Waals surface area contributed by atoms with Crippen LogP contribution in [0.5, 0.6) is 5.75 Å². The van der Waals surface area contributed by atoms with E-state index in [1.165, 1.54) is 11.1 Å². The first-order valence-corrected chi connectivity index (χ1v) is 6.84. The Hall–Kier alpha value is -1.48. The van der Waals surface area contributed by atoms with Crippen molar-refractivity contribution < 1.29 is 4.74 Å². The Labute approximate surface area is 112 Å². The van der Waals surface area contributed by atoms with Crippen molar-refractivity contribution in [2.24, 2.45) is 0 Å². The summed E-state index contributed by atoms with van der Waals surface area (Å²) in [6, 6.07) is 12.3. The molecule has 18 heavy (non-hydrogen) atoms. The molecule has 2 aromatic rings. The van der Waals surface area contributed by atoms with E-state index in [-0.39, 0.29) is 0 Å². The van der Waals surface area contributed by atoms with Crippen LogP contribution in [0.1, 0.15) is 13.8 Å². The number of hydrogen-bond donors (Lipinski definition) is 0. The Bertz CT molecular complexity index is 508. The Morgan fingerprint density at radius 3 is 2.39 bits per heavy atom. The lowest BCUT2D eigenvalue weighted by Crippen LogP contribution is -1.89. The van der Waals surface area contributed by atoms with Gasteiger partial charge in [0.1, 0.15) is 5.75 Å². The molecule has 0 bridgehead atoms. The number of methoxy groups -OCH3 is 1. The number of rotatable bonds is 4. The van der Waals surface area contributed by atoms with Crippen LogP contribution in [0.15, 0.2) is 47.6 Å². The molecule has 0 aliphatic heterocycles. The molecule has 0 saturated carbocycles. The van der Waals surface area contributed by atoms with Crippen molar-refractivity contribution in [3.63, 3.8) is 0 Å². The molecule has 0 radical (unpaired) electrons. The Kier molecular flexibility index (Phi) is 4.26. The highest BCUT2D eigenvalue weighted by Crippen LogP contribution is 2.27. The van der Waals surface area contributed by atoms with Gasteiger partial charge in [-0.05, 0) is 35.4 Å². The first-order valence-electron chi connectivity index (χ1n) is 5.96. The molecule has 0 unspecified atom stereocenters. The van der Waals surface area contributed by atoms with Gasteiger partial charge < -0.3 is 4.74 Å². The summed E-state index contributed by atoms with van der Waals surface area (Å²) in [5.74, 6) is 0.879. The SMILES string of the molecule is COc1ccc(-c2ccnc(SC(C)C)c2)cc1. The molecule has 0 aliphatic rings. The van der Waals surface area contributed by atoms with Gasteiger partial charge in [-0.15, -0.1) is 11.8 Å². The maximum atomic E-state index is 5.16. The summed E-state index contributed by atoms with van der Waals surface area (Å²) in [6.45, 7) is 4.35. The number of benzene rings is 1. The summed E-state index contributed by atoms with van der Waals surface area (Å²) in [6.07, 6.45) is 1.87. The van der Waals surface area contributed by atoms with Gasteiger partial charge in [-0.2, -0.15) is 0 Å². The van der Waals surface area contributed by atoms with Gasteiger partial charge in [0.05, 0.1) is 12.1 Å². The predicted octanol–water partition coefficient (Wildman–Crippen LogP) is 4.26. The first-order chi connectivity index (χ1) is 8.69. The Balaban J connectivity index is 2.26. The van der Waals surface area contributed by atoms with E-state index < -0.39 is 0 Å². The van der Waals surface area contributed by atoms with E-state index in [4.69, 9.17) is 4.74 Å². The molecule has 1 heterocycles. The molecule has 3 heteroatoms. The summed E-state index contributed by atoms with van der Waals surface area (Å²) < 4.78 is 5.16. The van der Waals surface area contributed by atoms with Crippen LogP contribution in [0.3, 0.4) is 0 Å². The van der Waals surface area contributed by atoms with Crippen LogP contribution in [0.2, 0.25) is 0 Å². The average Bonchev–Trinajstić information content (AvgIpc) is 2.38. The highest BCUT2D eigenvalue weighted by molar-refractivity contribution is 7.99. The van der Waals surface area contributed by atoms with Gasteiger partial charge in [-0.1, -0.05) is 26.0 Å². The van der Waals surface area contributed by atoms with Crippen LogP contribution in [0.25, 0.3) is 11.1 Å². The second-order valence-corrected chi connectivity index (χ2v) is 5.87. The highest BCUT2D eigenvalue weighted by Gasteiger charge is 2.03. The van der Waals surface area contributed by atoms with E-state index in [1.54, 1.807) is 18.9 Å². The second kappa shape index (κ2) is 5.91. The van der Waals surface area contributed by atoms with Crippen molar-refractivity contribution >= 4 is 11.8 Å². The third kappa shape index (κ3) is 3.26. The zero-order valence-electron chi connectivity index (χ0n) is 10.9. The quantitative estimate of drug-likeness (QED) is 0.766. The van der Waals surface area contributed by atoms with Gasteiger partial charge in [-0.3, -0.25) is 0 Å². The first kappa shape index (κ1) is 13.0. The van der Waals surface area contributed by atoms with E-state index in [0.717, 1.165) is 10.8 Å². The standard InChI is InChI=1S/C15H17NOS/c1-11(2)18-15-10-13(8-9-16-15)12-4-6-14(17-3)7-5-12/h4-11H,1-3H3. The summed E-state index contributed by atoms with van der Waals surface area (Å²) in [7, 11) is 1.68. The second-order valence-electron chi connectivity index (χ2n) is 4.28. The minimum atomic E-state index is 0.545. The average molecular weight is 259 g/mol. The van der Waals surface area contributed by atoms with Gasteiger partial charge in [-0.25, -0.2) is 4.98 Å². The molecule has 1 aromatic carbocycles. The van der Waals surface area contributed by atoms with Crippen LogP contribution in [0.4, 0.5) is 0 Å². The lowest BCUT2D eigenvalue weighted by molar-refractivity contribution is 0.415. The number of ether oxygens (including phenoxy) is 1. The summed E-state index contributed by atoms with van der Waals surface area (Å²) >= 11 is 1.78. The molecule has 0 atom stereocenters. The van der Waals surface area contributed by atoms with Crippen molar-refractivity contribution in [2.45, 2.75) is 24.1 Å². The third-order valence-electron chi connectivity index (χ3n) is 2.51. The lowest BCUT2D eigenvalue weighted by Gasteiger charge is -2.07. The molecule has 0 saturated heterocycles. The molecule has 0 aliphatic carbocycles. The molecule has 1 aromatic heterocycles. The van der Waals surface area contributed by atoms with Crippen LogP contribution >= 0.6 is 11.8 Å². The molecule has 0 fully saturated rings. The largest absolute Gasteiger partial charge is 0.497 e. The van der Waals surface area contributed by atoms with Crippen molar-refractivity contribution in [3.8, 4) is 16.9 Å². The van der Waals surface area contributed by atoms with Crippen molar-refractivity contribution in [1.29, 1.82) is 0 Å². The van der Waals surface area contributed by atoms with Gasteiger partial charge in [0, 0.05) is 11.4 Å². The molecule has 94 valence electrons. The molecule has 0 amide bonds. The summed E-state index contributed by atoms with van der Waals surface area (Å²) in [5, 5.41) is 1.61. The molecule has 0 N–H and O–H groups in total. The van der Waals surface area contributed by atoms with E-state index in [2.05, 4.69) is 37.0 Å². The number of aromatic nitrogens is 1. The maximum absolute atomic E-state index is 5.16. The van der Waals surface area contributed by atoms with Gasteiger partial charge >= 0.3 is 0 Å². The molecular weight excluding hydrogens is 242 g/mol. The van der Waals surface area contributed by atoms with E-state index in [0.29, 0.717) is 5.25 Å². The van der Waals surface area contributed by atoms with E-state index in [1.807, 2.05) is 24.4 Å². The smallest absolute Gasteiger partial charge is 0.118 e. The fourth-order valence-corrected chi connectivity index (χ4v) is 2.48. The minimum absolute atomic E-state index is 0.545. The van der Waals surface area contributed by atoms with Crippen LogP contribution in [-0.4, -0.2) is 17.3 Å². The van der Waals surface area contributed by atoms with E-state index in [9.17, 15) is 0 Å². The third-order valence-corrected chi connectivity index (χ3v) is 3.45. The van der Waals surface area contributed by atoms with Gasteiger partial charge in [0.25, 0.3) is 0 Å². The highest BCUT2D eigenvalue weighted by atomic mass is 32.2. The Morgan fingerprint density at radius 2 is 1.78 bits per heavy atom. The zero-order valence-corrected chi connectivity index (χ0v) is 11.7. The molecular formula is C15H17NOS. The van der Waals surface area contributed by atoms with Crippen molar-refractivity contribution in [3.05, 3.63) is 42.6 Å². The number of nitrogens with zero attached hydrogens (tertiary/aromatic N) is 1. The monoisotopic (exact) mass is 259 g/mol. The summed E-state index contributed by atoms with van der Waals surface area (Å²) in [5.41, 5.74) is 2.37. The van der Waals surface area contributed by atoms with Crippen LogP contribution < -0.4 is 4.74 Å². The normalized spacial score (nSPS) is 10.7. The van der Waals surface area contributed by atoms with Gasteiger partial charge in [0.2, 0.25) is 0 Å². The lowest BCUT2D eigenvalue weighted by atomic mass is 10.1. The fraction of sp³-hybridized carbons (Fsp3) is 0.267. The molecule has 0 spiro atoms. The number of pyridine rings is 1. The predicted molar refractivity (Wildman–Crippen MR) is 77.2 cm³/mol. The van der Waals surface area contributed by atoms with Crippen molar-refractivity contribution in [1.82, 2.24) is 4.98 Å². The number of thioether (sulfide) groups is 1. The van der Waals surface area contributed by atoms with Gasteiger partial charge in [0.15, 0.2) is 0 Å². The minimum Gasteiger partial charge on any atom is -0.497 e. The topological polar surface area (TPSA) is 22.1 Å². The molecule has 2 nitrogen and oxygen atoms in total. The number of hydrogen-bond acceptors (Lipinski definition) is 3. The zero-order chi connectivity index (χ0) is 13.0. The van der Waals surface area contributed by atoms with Crippen LogP contribution in [0, 0.1) is 0 Å². The maximum Gasteiger partial charge on any atom is 0.118 e. The fourth-order valence-electron chi connectivity index (χ4n) is 1.68. The van der Waals surface area contributed by atoms with Crippen molar-refractivity contribution in [2.75, 3.05) is 7.11 Å². The molecule has 2 rings (SSSR count). The Morgan fingerprint density at radius 1 is 1.06 bits per heavy atom.